The van der Waals surface area contributed by atoms with Crippen LogP contribution in [0.1, 0.15) is 22.8 Å². The lowest BCUT2D eigenvalue weighted by Crippen LogP contribution is -2.21. The monoisotopic (exact) mass is 417 g/mol. The van der Waals surface area contributed by atoms with Crippen LogP contribution >= 0.6 is 0 Å². The Labute approximate surface area is 174 Å². The van der Waals surface area contributed by atoms with E-state index < -0.39 is 16.5 Å². The molecule has 0 saturated heterocycles. The largest absolute Gasteiger partial charge is 0.507 e. The van der Waals surface area contributed by atoms with E-state index in [4.69, 9.17) is 4.42 Å². The summed E-state index contributed by atoms with van der Waals surface area (Å²) in [6, 6.07) is 15.5. The number of hydrazone groups is 1. The summed E-state index contributed by atoms with van der Waals surface area (Å²) >= 11 is 0. The zero-order chi connectivity index (χ0) is 22.1. The Morgan fingerprint density at radius 2 is 1.71 bits per heavy atom. The molecule has 2 N–H and O–H groups in total. The van der Waals surface area contributed by atoms with E-state index in [1.807, 2.05) is 18.2 Å². The molecule has 0 atom stereocenters. The average Bonchev–Trinajstić information content (AvgIpc) is 2.75. The first-order valence-electron chi connectivity index (χ1n) is 9.12. The molecule has 4 rings (SSSR count). The molecule has 0 fully saturated rings. The van der Waals surface area contributed by atoms with Crippen LogP contribution in [0.15, 0.2) is 75.0 Å². The molecule has 154 valence electrons. The number of benzene rings is 3. The third-order valence-corrected chi connectivity index (χ3v) is 4.75. The summed E-state index contributed by atoms with van der Waals surface area (Å²) in [5.74, 6) is -0.870. The number of phenolic OH excluding ortho intramolecular Hbond substituents is 1. The van der Waals surface area contributed by atoms with Gasteiger partial charge >= 0.3 is 5.63 Å². The standard InChI is InChI=1S/C22H15N3O6/c1-12(17-10-15-8-16(25(29)30)6-7-20(15)31-22(17)28)23-24-21(27)18-9-13-4-2-3-5-14(13)11-19(18)26/h2-11,26H,1H3,(H,24,27)/b23-12+. The molecule has 1 heterocycles. The second-order valence-corrected chi connectivity index (χ2v) is 6.78. The van der Waals surface area contributed by atoms with Crippen molar-refractivity contribution < 1.29 is 19.2 Å². The molecule has 0 aliphatic carbocycles. The lowest BCUT2D eigenvalue weighted by molar-refractivity contribution is -0.384. The van der Waals surface area contributed by atoms with Crippen LogP contribution in [-0.2, 0) is 0 Å². The van der Waals surface area contributed by atoms with Crippen molar-refractivity contribution in [1.29, 1.82) is 0 Å². The predicted molar refractivity (Wildman–Crippen MR) is 114 cm³/mol. The summed E-state index contributed by atoms with van der Waals surface area (Å²) in [5, 5.41) is 27.0. The summed E-state index contributed by atoms with van der Waals surface area (Å²) in [6.07, 6.45) is 0. The van der Waals surface area contributed by atoms with Crippen molar-refractivity contribution in [3.8, 4) is 5.75 Å². The highest BCUT2D eigenvalue weighted by Crippen LogP contribution is 2.25. The topological polar surface area (TPSA) is 135 Å². The number of non-ortho nitro benzene ring substituents is 1. The van der Waals surface area contributed by atoms with Crippen molar-refractivity contribution in [2.24, 2.45) is 5.10 Å². The van der Waals surface area contributed by atoms with E-state index in [0.29, 0.717) is 5.39 Å². The van der Waals surface area contributed by atoms with Gasteiger partial charge in [-0.15, -0.1) is 0 Å². The van der Waals surface area contributed by atoms with Gasteiger partial charge in [-0.05, 0) is 42.0 Å². The minimum atomic E-state index is -0.703. The fraction of sp³-hybridized carbons (Fsp3) is 0.0455. The van der Waals surface area contributed by atoms with Crippen LogP contribution in [0.3, 0.4) is 0 Å². The van der Waals surface area contributed by atoms with Gasteiger partial charge in [-0.2, -0.15) is 5.10 Å². The Balaban J connectivity index is 1.65. The maximum absolute atomic E-state index is 12.5. The van der Waals surface area contributed by atoms with Crippen LogP contribution in [0, 0.1) is 10.1 Å². The number of phenols is 1. The number of nitro benzene ring substituents is 1. The summed E-state index contributed by atoms with van der Waals surface area (Å²) in [4.78, 5) is 35.2. The molecule has 0 bridgehead atoms. The number of aromatic hydroxyl groups is 1. The van der Waals surface area contributed by atoms with Crippen molar-refractivity contribution >= 4 is 39.0 Å². The normalized spacial score (nSPS) is 11.6. The molecule has 4 aromatic rings. The van der Waals surface area contributed by atoms with Gasteiger partial charge in [0.25, 0.3) is 11.6 Å². The third kappa shape index (κ3) is 3.84. The molecule has 31 heavy (non-hydrogen) atoms. The highest BCUT2D eigenvalue weighted by molar-refractivity contribution is 6.04. The highest BCUT2D eigenvalue weighted by atomic mass is 16.6. The zero-order valence-corrected chi connectivity index (χ0v) is 16.2. The molecule has 9 nitrogen and oxygen atoms in total. The second-order valence-electron chi connectivity index (χ2n) is 6.78. The van der Waals surface area contributed by atoms with Crippen LogP contribution in [-0.4, -0.2) is 21.6 Å². The Morgan fingerprint density at radius 3 is 2.42 bits per heavy atom. The van der Waals surface area contributed by atoms with Crippen LogP contribution < -0.4 is 11.1 Å². The van der Waals surface area contributed by atoms with Gasteiger partial charge in [0, 0.05) is 17.5 Å². The Hall–Kier alpha value is -4.53. The van der Waals surface area contributed by atoms with E-state index in [9.17, 15) is 24.8 Å². The highest BCUT2D eigenvalue weighted by Gasteiger charge is 2.15. The van der Waals surface area contributed by atoms with Crippen LogP contribution in [0.5, 0.6) is 5.75 Å². The zero-order valence-electron chi connectivity index (χ0n) is 16.2. The minimum Gasteiger partial charge on any atom is -0.507 e. The maximum Gasteiger partial charge on any atom is 0.345 e. The molecule has 0 saturated carbocycles. The van der Waals surface area contributed by atoms with Gasteiger partial charge in [0.05, 0.1) is 21.8 Å². The van der Waals surface area contributed by atoms with Crippen LogP contribution in [0.25, 0.3) is 21.7 Å². The summed E-state index contributed by atoms with van der Waals surface area (Å²) < 4.78 is 5.20. The molecule has 9 heteroatoms. The average molecular weight is 417 g/mol. The van der Waals surface area contributed by atoms with E-state index in [1.54, 1.807) is 6.07 Å². The number of nitro groups is 1. The molecule has 0 spiro atoms. The number of carbonyl (C=O) groups is 1. The Morgan fingerprint density at radius 1 is 1.03 bits per heavy atom. The number of carbonyl (C=O) groups excluding carboxylic acids is 1. The van der Waals surface area contributed by atoms with Gasteiger partial charge in [0.2, 0.25) is 0 Å². The molecule has 1 amide bonds. The minimum absolute atomic E-state index is 0.0245. The van der Waals surface area contributed by atoms with Crippen LogP contribution in [0.4, 0.5) is 5.69 Å². The maximum atomic E-state index is 12.5. The van der Waals surface area contributed by atoms with Crippen LogP contribution in [0.2, 0.25) is 0 Å². The predicted octanol–water partition coefficient (Wildman–Crippen LogP) is 3.71. The first kappa shape index (κ1) is 19.8. The van der Waals surface area contributed by atoms with Gasteiger partial charge in [0.15, 0.2) is 0 Å². The van der Waals surface area contributed by atoms with Gasteiger partial charge in [-0.3, -0.25) is 14.9 Å². The number of amides is 1. The fourth-order valence-corrected chi connectivity index (χ4v) is 3.14. The molecule has 0 aliphatic heterocycles. The van der Waals surface area contributed by atoms with E-state index in [2.05, 4.69) is 10.5 Å². The van der Waals surface area contributed by atoms with Gasteiger partial charge in [0.1, 0.15) is 11.3 Å². The van der Waals surface area contributed by atoms with Crippen molar-refractivity contribution in [2.45, 2.75) is 6.92 Å². The quantitative estimate of drug-likeness (QED) is 0.225. The number of hydrogen-bond donors (Lipinski definition) is 2. The van der Waals surface area contributed by atoms with E-state index in [1.165, 1.54) is 43.3 Å². The first-order valence-corrected chi connectivity index (χ1v) is 9.12. The van der Waals surface area contributed by atoms with Crippen molar-refractivity contribution in [3.05, 3.63) is 92.3 Å². The van der Waals surface area contributed by atoms with E-state index in [-0.39, 0.29) is 33.9 Å². The molecule has 0 aliphatic rings. The number of hydrogen-bond acceptors (Lipinski definition) is 7. The molecular formula is C22H15N3O6. The lowest BCUT2D eigenvalue weighted by atomic mass is 10.1. The molecule has 1 aromatic heterocycles. The van der Waals surface area contributed by atoms with Gasteiger partial charge in [-0.25, -0.2) is 10.2 Å². The lowest BCUT2D eigenvalue weighted by Gasteiger charge is -2.07. The second kappa shape index (κ2) is 7.71. The number of fused-ring (bicyclic) bond motifs is 2. The summed E-state index contributed by atoms with van der Waals surface area (Å²) in [7, 11) is 0. The Bertz CT molecular complexity index is 1460. The van der Waals surface area contributed by atoms with E-state index >= 15 is 0 Å². The van der Waals surface area contributed by atoms with Gasteiger partial charge in [-0.1, -0.05) is 24.3 Å². The molecule has 3 aromatic carbocycles. The molecule has 0 radical (unpaired) electrons. The summed E-state index contributed by atoms with van der Waals surface area (Å²) in [6.45, 7) is 1.48. The number of rotatable bonds is 4. The van der Waals surface area contributed by atoms with Gasteiger partial charge < -0.3 is 9.52 Å². The number of nitrogens with one attached hydrogen (secondary N) is 1. The van der Waals surface area contributed by atoms with Crippen molar-refractivity contribution in [3.63, 3.8) is 0 Å². The molecular weight excluding hydrogens is 402 g/mol. The Kier molecular flexibility index (Phi) is 4.92. The van der Waals surface area contributed by atoms with Crippen molar-refractivity contribution in [1.82, 2.24) is 5.43 Å². The molecule has 0 unspecified atom stereocenters. The fourth-order valence-electron chi connectivity index (χ4n) is 3.14. The van der Waals surface area contributed by atoms with Crippen molar-refractivity contribution in [2.75, 3.05) is 0 Å². The SMILES string of the molecule is C/C(=N\NC(=O)c1cc2ccccc2cc1O)c1cc2cc([N+](=O)[O-])ccc2oc1=O. The smallest absolute Gasteiger partial charge is 0.345 e. The summed E-state index contributed by atoms with van der Waals surface area (Å²) in [5.41, 5.74) is 1.84. The number of nitrogens with zero attached hydrogens (tertiary/aromatic N) is 2. The van der Waals surface area contributed by atoms with E-state index in [0.717, 1.165) is 10.8 Å². The first-order chi connectivity index (χ1) is 14.8. The third-order valence-electron chi connectivity index (χ3n) is 4.75.